The minimum absolute atomic E-state index is 0.0881. The van der Waals surface area contributed by atoms with Crippen molar-refractivity contribution in [3.63, 3.8) is 0 Å². The zero-order valence-corrected chi connectivity index (χ0v) is 22.5. The van der Waals surface area contributed by atoms with E-state index in [2.05, 4.69) is 16.6 Å². The minimum Gasteiger partial charge on any atom is -0.495 e. The summed E-state index contributed by atoms with van der Waals surface area (Å²) in [7, 11) is -2.84. The Balaban J connectivity index is 1.38. The van der Waals surface area contributed by atoms with Crippen LogP contribution in [0.3, 0.4) is 0 Å². The van der Waals surface area contributed by atoms with E-state index in [1.165, 1.54) is 75.2 Å². The third-order valence-corrected chi connectivity index (χ3v) is 10.3. The Hall–Kier alpha value is -2.20. The van der Waals surface area contributed by atoms with Crippen LogP contribution >= 0.6 is 11.3 Å². The molecule has 1 aromatic carbocycles. The predicted octanol–water partition coefficient (Wildman–Crippen LogP) is 6.67. The molecule has 0 spiro atoms. The lowest BCUT2D eigenvalue weighted by molar-refractivity contribution is 0.0691. The number of methoxy groups -OCH3 is 1. The number of anilines is 1. The number of rotatable bonds is 9. The first-order valence-corrected chi connectivity index (χ1v) is 15.2. The molecular formula is C26H35FN2O5S2. The van der Waals surface area contributed by atoms with E-state index in [0.29, 0.717) is 0 Å². The fourth-order valence-corrected chi connectivity index (χ4v) is 8.27. The molecule has 0 bridgehead atoms. The number of benzene rings is 1. The Bertz CT molecular complexity index is 1170. The average molecular weight is 539 g/mol. The lowest BCUT2D eigenvalue weighted by Gasteiger charge is -2.37. The van der Waals surface area contributed by atoms with Crippen LogP contribution < -0.4 is 9.46 Å². The van der Waals surface area contributed by atoms with E-state index < -0.39 is 27.4 Å². The van der Waals surface area contributed by atoms with Crippen molar-refractivity contribution in [3.8, 4) is 5.75 Å². The lowest BCUT2D eigenvalue weighted by atomic mass is 9.69. The smallest absolute Gasteiger partial charge is 0.338 e. The van der Waals surface area contributed by atoms with Crippen LogP contribution in [0, 0.1) is 23.6 Å². The molecule has 4 rings (SSSR count). The number of hydrogen-bond acceptors (Lipinski definition) is 6. The molecule has 36 heavy (non-hydrogen) atoms. The van der Waals surface area contributed by atoms with Gasteiger partial charge in [0.15, 0.2) is 5.03 Å². The van der Waals surface area contributed by atoms with Gasteiger partial charge in [0.05, 0.1) is 23.4 Å². The van der Waals surface area contributed by atoms with Crippen molar-refractivity contribution in [1.82, 2.24) is 4.98 Å². The Kier molecular flexibility index (Phi) is 8.55. The zero-order chi connectivity index (χ0) is 25.9. The normalized spacial score (nSPS) is 24.9. The monoisotopic (exact) mass is 538 g/mol. The highest BCUT2D eigenvalue weighted by Crippen LogP contribution is 2.45. The summed E-state index contributed by atoms with van der Waals surface area (Å²) in [5.74, 6) is 0.156. The standard InChI is InChI=1S/C26H35FN2O5S2/c1-3-4-16-5-7-17(8-6-16)18-9-11-19(12-10-18)25-28-24(15-35-25)36(32,33)29-22-14-21(27)20(26(30)31)13-23(22)34-2/h13-19,29H,3-12H2,1-2H3,(H,30,31)/t16-,17-,18?,19?. The van der Waals surface area contributed by atoms with Crippen molar-refractivity contribution in [3.05, 3.63) is 33.9 Å². The molecule has 10 heteroatoms. The van der Waals surface area contributed by atoms with Gasteiger partial charge in [-0.25, -0.2) is 14.2 Å². The van der Waals surface area contributed by atoms with Gasteiger partial charge in [0, 0.05) is 17.4 Å². The fourth-order valence-electron chi connectivity index (χ4n) is 5.94. The van der Waals surface area contributed by atoms with Gasteiger partial charge < -0.3 is 9.84 Å². The number of sulfonamides is 1. The Morgan fingerprint density at radius 3 is 2.36 bits per heavy atom. The summed E-state index contributed by atoms with van der Waals surface area (Å²) in [5.41, 5.74) is -0.779. The van der Waals surface area contributed by atoms with Gasteiger partial charge in [0.25, 0.3) is 10.0 Å². The van der Waals surface area contributed by atoms with E-state index in [9.17, 15) is 17.6 Å². The maximum Gasteiger partial charge on any atom is 0.338 e. The maximum absolute atomic E-state index is 14.2. The largest absolute Gasteiger partial charge is 0.495 e. The molecule has 1 heterocycles. The molecule has 2 fully saturated rings. The quantitative estimate of drug-likeness (QED) is 0.369. The van der Waals surface area contributed by atoms with E-state index in [1.807, 2.05) is 0 Å². The van der Waals surface area contributed by atoms with Crippen molar-refractivity contribution < 1.29 is 27.4 Å². The Labute approximate surface area is 216 Å². The van der Waals surface area contributed by atoms with Gasteiger partial charge in [-0.1, -0.05) is 32.6 Å². The van der Waals surface area contributed by atoms with Crippen LogP contribution in [0.4, 0.5) is 10.1 Å². The summed E-state index contributed by atoms with van der Waals surface area (Å²) in [6.07, 6.45) is 12.5. The molecule has 0 unspecified atom stereocenters. The first kappa shape index (κ1) is 26.9. The van der Waals surface area contributed by atoms with Crippen LogP contribution in [-0.2, 0) is 10.0 Å². The van der Waals surface area contributed by atoms with E-state index in [4.69, 9.17) is 9.84 Å². The van der Waals surface area contributed by atoms with Crippen molar-refractivity contribution in [2.75, 3.05) is 11.8 Å². The van der Waals surface area contributed by atoms with Gasteiger partial charge in [0.1, 0.15) is 11.6 Å². The van der Waals surface area contributed by atoms with Crippen LogP contribution in [0.2, 0.25) is 0 Å². The van der Waals surface area contributed by atoms with Crippen LogP contribution in [0.1, 0.15) is 92.4 Å². The van der Waals surface area contributed by atoms with E-state index in [-0.39, 0.29) is 22.4 Å². The summed E-state index contributed by atoms with van der Waals surface area (Å²) in [6, 6.07) is 1.76. The first-order chi connectivity index (χ1) is 17.2. The van der Waals surface area contributed by atoms with Crippen molar-refractivity contribution in [2.45, 2.75) is 82.1 Å². The van der Waals surface area contributed by atoms with Gasteiger partial charge in [-0.2, -0.15) is 8.42 Å². The van der Waals surface area contributed by atoms with Gasteiger partial charge in [-0.3, -0.25) is 4.72 Å². The number of carboxylic acids is 1. The molecule has 198 valence electrons. The molecule has 7 nitrogen and oxygen atoms in total. The summed E-state index contributed by atoms with van der Waals surface area (Å²) >= 11 is 1.34. The lowest BCUT2D eigenvalue weighted by Crippen LogP contribution is -2.25. The molecule has 2 aliphatic rings. The predicted molar refractivity (Wildman–Crippen MR) is 138 cm³/mol. The number of thiazole rings is 1. The number of carbonyl (C=O) groups is 1. The van der Waals surface area contributed by atoms with E-state index >= 15 is 0 Å². The fraction of sp³-hybridized carbons (Fsp3) is 0.615. The van der Waals surface area contributed by atoms with Crippen LogP contribution in [-0.4, -0.2) is 31.6 Å². The molecule has 2 saturated carbocycles. The maximum atomic E-state index is 14.2. The van der Waals surface area contributed by atoms with Crippen LogP contribution in [0.25, 0.3) is 0 Å². The molecule has 2 N–H and O–H groups in total. The van der Waals surface area contributed by atoms with Gasteiger partial charge in [-0.05, 0) is 62.3 Å². The molecule has 0 amide bonds. The topological polar surface area (TPSA) is 106 Å². The molecule has 2 aliphatic carbocycles. The third kappa shape index (κ3) is 6.02. The molecule has 0 atom stereocenters. The Morgan fingerprint density at radius 1 is 1.14 bits per heavy atom. The summed E-state index contributed by atoms with van der Waals surface area (Å²) in [6.45, 7) is 2.27. The molecule has 2 aromatic rings. The summed E-state index contributed by atoms with van der Waals surface area (Å²) in [5, 5.41) is 11.3. The zero-order valence-electron chi connectivity index (χ0n) is 20.8. The summed E-state index contributed by atoms with van der Waals surface area (Å²) in [4.78, 5) is 15.6. The number of hydrogen-bond donors (Lipinski definition) is 2. The molecule has 0 radical (unpaired) electrons. The summed E-state index contributed by atoms with van der Waals surface area (Å²) < 4.78 is 47.5. The van der Waals surface area contributed by atoms with Crippen molar-refractivity contribution in [1.29, 1.82) is 0 Å². The number of ether oxygens (including phenoxy) is 1. The van der Waals surface area contributed by atoms with Gasteiger partial charge in [0.2, 0.25) is 0 Å². The van der Waals surface area contributed by atoms with E-state index in [0.717, 1.165) is 47.7 Å². The highest BCUT2D eigenvalue weighted by molar-refractivity contribution is 7.92. The minimum atomic E-state index is -4.10. The highest BCUT2D eigenvalue weighted by Gasteiger charge is 2.32. The van der Waals surface area contributed by atoms with Gasteiger partial charge >= 0.3 is 5.97 Å². The number of aromatic nitrogens is 1. The molecule has 0 aliphatic heterocycles. The second-order valence-electron chi connectivity index (χ2n) is 10.1. The Morgan fingerprint density at radius 2 is 1.78 bits per heavy atom. The number of carboxylic acid groups (broad SMARTS) is 1. The van der Waals surface area contributed by atoms with E-state index in [1.54, 1.807) is 0 Å². The molecular weight excluding hydrogens is 503 g/mol. The second-order valence-corrected chi connectivity index (χ2v) is 12.7. The third-order valence-electron chi connectivity index (χ3n) is 7.92. The number of aromatic carboxylic acids is 1. The van der Waals surface area contributed by atoms with Crippen LogP contribution in [0.5, 0.6) is 5.75 Å². The number of halogens is 1. The molecule has 1 aromatic heterocycles. The SMILES string of the molecule is CCC[C@H]1CC[C@H](C2CCC(c3nc(S(=O)(=O)Nc4cc(F)c(C(=O)O)cc4OC)cs3)CC2)CC1. The van der Waals surface area contributed by atoms with Crippen molar-refractivity contribution in [2.24, 2.45) is 17.8 Å². The van der Waals surface area contributed by atoms with Gasteiger partial charge in [-0.15, -0.1) is 11.3 Å². The number of nitrogens with zero attached hydrogens (tertiary/aromatic N) is 1. The van der Waals surface area contributed by atoms with Crippen LogP contribution in [0.15, 0.2) is 22.5 Å². The second kappa shape index (κ2) is 11.5. The first-order valence-electron chi connectivity index (χ1n) is 12.8. The van der Waals surface area contributed by atoms with Crippen molar-refractivity contribution >= 4 is 33.0 Å². The molecule has 0 saturated heterocycles. The highest BCUT2D eigenvalue weighted by atomic mass is 32.2. The number of nitrogens with one attached hydrogen (secondary N) is 1. The average Bonchev–Trinajstić information content (AvgIpc) is 3.36.